The van der Waals surface area contributed by atoms with Crippen molar-refractivity contribution in [3.63, 3.8) is 0 Å². The van der Waals surface area contributed by atoms with Crippen molar-refractivity contribution in [3.8, 4) is 0 Å². The molecule has 5 heteroatoms. The van der Waals surface area contributed by atoms with Gasteiger partial charge in [0.05, 0.1) is 10.0 Å². The zero-order chi connectivity index (χ0) is 9.30. The van der Waals surface area contributed by atoms with Crippen molar-refractivity contribution < 1.29 is 8.76 Å². The maximum Gasteiger partial charge on any atom is 0.189 e. The first-order valence-electron chi connectivity index (χ1n) is 3.09. The highest BCUT2D eigenvalue weighted by Crippen LogP contribution is 2.28. The molecule has 0 heterocycles. The second-order valence-electron chi connectivity index (χ2n) is 2.31. The van der Waals surface area contributed by atoms with Gasteiger partial charge in [-0.25, -0.2) is 4.21 Å². The third kappa shape index (κ3) is 1.98. The van der Waals surface area contributed by atoms with E-state index in [1.807, 2.05) is 6.92 Å². The molecule has 1 aromatic carbocycles. The first kappa shape index (κ1) is 9.99. The van der Waals surface area contributed by atoms with Gasteiger partial charge in [0.1, 0.15) is 4.90 Å². The quantitative estimate of drug-likeness (QED) is 0.746. The Kier molecular flexibility index (Phi) is 3.12. The van der Waals surface area contributed by atoms with E-state index in [1.165, 1.54) is 0 Å². The first-order chi connectivity index (χ1) is 5.52. The fourth-order valence-corrected chi connectivity index (χ4v) is 2.30. The molecule has 0 saturated carbocycles. The summed E-state index contributed by atoms with van der Waals surface area (Å²) in [5.74, 6) is 0. The van der Waals surface area contributed by atoms with Gasteiger partial charge in [0.15, 0.2) is 11.1 Å². The molecule has 0 aliphatic heterocycles. The van der Waals surface area contributed by atoms with Crippen LogP contribution in [0.25, 0.3) is 0 Å². The molecule has 0 aliphatic carbocycles. The lowest BCUT2D eigenvalue weighted by atomic mass is 10.2. The number of aryl methyl sites for hydroxylation is 1. The van der Waals surface area contributed by atoms with E-state index in [0.717, 1.165) is 5.56 Å². The summed E-state index contributed by atoms with van der Waals surface area (Å²) in [6.45, 7) is 1.81. The summed E-state index contributed by atoms with van der Waals surface area (Å²) in [5, 5.41) is 0.446. The Morgan fingerprint density at radius 2 is 1.75 bits per heavy atom. The lowest BCUT2D eigenvalue weighted by Gasteiger charge is -2.02. The standard InChI is InChI=1S/C7H6Cl2O2S/c1-4-2-5(8)7(12(10)11)6(9)3-4/h2-3H,1H3,(H,10,11). The summed E-state index contributed by atoms with van der Waals surface area (Å²) in [6, 6.07) is 3.19. The minimum absolute atomic E-state index is 0.0731. The molecular formula is C7H6Cl2O2S. The summed E-state index contributed by atoms with van der Waals surface area (Å²) < 4.78 is 19.5. The van der Waals surface area contributed by atoms with E-state index in [2.05, 4.69) is 0 Å². The molecule has 1 N–H and O–H groups in total. The van der Waals surface area contributed by atoms with Gasteiger partial charge in [-0.05, 0) is 24.6 Å². The van der Waals surface area contributed by atoms with Crippen molar-refractivity contribution in [2.75, 3.05) is 0 Å². The van der Waals surface area contributed by atoms with Crippen LogP contribution in [-0.4, -0.2) is 8.76 Å². The van der Waals surface area contributed by atoms with Crippen LogP contribution in [0.2, 0.25) is 10.0 Å². The second-order valence-corrected chi connectivity index (χ2v) is 4.03. The Balaban J connectivity index is 3.38. The van der Waals surface area contributed by atoms with E-state index in [1.54, 1.807) is 12.1 Å². The highest BCUT2D eigenvalue weighted by Gasteiger charge is 2.11. The van der Waals surface area contributed by atoms with E-state index >= 15 is 0 Å². The average Bonchev–Trinajstić information content (AvgIpc) is 1.82. The number of rotatable bonds is 1. The van der Waals surface area contributed by atoms with E-state index in [4.69, 9.17) is 27.8 Å². The zero-order valence-corrected chi connectivity index (χ0v) is 8.50. The van der Waals surface area contributed by atoms with Crippen LogP contribution in [0.15, 0.2) is 17.0 Å². The highest BCUT2D eigenvalue weighted by molar-refractivity contribution is 7.79. The molecule has 0 aliphatic rings. The summed E-state index contributed by atoms with van der Waals surface area (Å²) in [6.07, 6.45) is 0. The molecule has 1 atom stereocenters. The van der Waals surface area contributed by atoms with Crippen LogP contribution in [0.4, 0.5) is 0 Å². The predicted octanol–water partition coefficient (Wildman–Crippen LogP) is 2.88. The summed E-state index contributed by atoms with van der Waals surface area (Å²) in [5.41, 5.74) is 0.860. The molecule has 0 fully saturated rings. The normalized spacial score (nSPS) is 13.0. The van der Waals surface area contributed by atoms with Crippen LogP contribution in [-0.2, 0) is 11.1 Å². The molecule has 0 saturated heterocycles. The lowest BCUT2D eigenvalue weighted by molar-refractivity contribution is 0.564. The van der Waals surface area contributed by atoms with Crippen LogP contribution in [0.5, 0.6) is 0 Å². The lowest BCUT2D eigenvalue weighted by Crippen LogP contribution is -1.91. The van der Waals surface area contributed by atoms with E-state index < -0.39 is 11.1 Å². The molecule has 0 spiro atoms. The van der Waals surface area contributed by atoms with Crippen molar-refractivity contribution in [2.24, 2.45) is 0 Å². The van der Waals surface area contributed by atoms with Crippen LogP contribution < -0.4 is 0 Å². The fraction of sp³-hybridized carbons (Fsp3) is 0.143. The van der Waals surface area contributed by atoms with Gasteiger partial charge in [0.2, 0.25) is 0 Å². The first-order valence-corrected chi connectivity index (χ1v) is 4.95. The number of benzene rings is 1. The van der Waals surface area contributed by atoms with Crippen LogP contribution in [0, 0.1) is 6.92 Å². The Bertz CT molecular complexity index is 315. The molecule has 0 radical (unpaired) electrons. The molecule has 12 heavy (non-hydrogen) atoms. The average molecular weight is 225 g/mol. The molecule has 0 aromatic heterocycles. The maximum atomic E-state index is 10.7. The zero-order valence-electron chi connectivity index (χ0n) is 6.17. The highest BCUT2D eigenvalue weighted by atomic mass is 35.5. The van der Waals surface area contributed by atoms with Gasteiger partial charge in [0.25, 0.3) is 0 Å². The third-order valence-corrected chi connectivity index (χ3v) is 2.93. The SMILES string of the molecule is Cc1cc(Cl)c(S(=O)O)c(Cl)c1. The summed E-state index contributed by atoms with van der Waals surface area (Å²) in [4.78, 5) is 0.0731. The molecule has 1 unspecified atom stereocenters. The van der Waals surface area contributed by atoms with Gasteiger partial charge in [-0.15, -0.1) is 0 Å². The summed E-state index contributed by atoms with van der Waals surface area (Å²) in [7, 11) is 0. The minimum Gasteiger partial charge on any atom is -0.302 e. The Labute approximate surface area is 82.8 Å². The van der Waals surface area contributed by atoms with E-state index in [0.29, 0.717) is 0 Å². The topological polar surface area (TPSA) is 37.3 Å². The molecule has 0 bridgehead atoms. The monoisotopic (exact) mass is 224 g/mol. The van der Waals surface area contributed by atoms with E-state index in [9.17, 15) is 4.21 Å². The molecule has 1 aromatic rings. The Morgan fingerprint density at radius 3 is 2.08 bits per heavy atom. The maximum absolute atomic E-state index is 10.7. The Hall–Kier alpha value is -0.0900. The number of halogens is 2. The van der Waals surface area contributed by atoms with Gasteiger partial charge in [0, 0.05) is 0 Å². The molecule has 66 valence electrons. The molecular weight excluding hydrogens is 219 g/mol. The van der Waals surface area contributed by atoms with Crippen LogP contribution in [0.1, 0.15) is 5.56 Å². The molecule has 2 nitrogen and oxygen atoms in total. The fourth-order valence-electron chi connectivity index (χ4n) is 0.853. The largest absolute Gasteiger partial charge is 0.302 e. The number of hydrogen-bond acceptors (Lipinski definition) is 1. The van der Waals surface area contributed by atoms with Crippen LogP contribution in [0.3, 0.4) is 0 Å². The van der Waals surface area contributed by atoms with Crippen molar-refractivity contribution in [1.29, 1.82) is 0 Å². The van der Waals surface area contributed by atoms with Crippen molar-refractivity contribution in [1.82, 2.24) is 0 Å². The second kappa shape index (κ2) is 3.75. The Morgan fingerprint density at radius 1 is 1.33 bits per heavy atom. The van der Waals surface area contributed by atoms with Crippen molar-refractivity contribution in [2.45, 2.75) is 11.8 Å². The molecule has 0 amide bonds. The van der Waals surface area contributed by atoms with Crippen molar-refractivity contribution in [3.05, 3.63) is 27.7 Å². The smallest absolute Gasteiger partial charge is 0.189 e. The van der Waals surface area contributed by atoms with Gasteiger partial charge in [-0.3, -0.25) is 0 Å². The molecule has 1 rings (SSSR count). The van der Waals surface area contributed by atoms with Gasteiger partial charge in [-0.2, -0.15) is 0 Å². The van der Waals surface area contributed by atoms with Crippen LogP contribution >= 0.6 is 23.2 Å². The summed E-state index contributed by atoms with van der Waals surface area (Å²) >= 11 is 9.26. The minimum atomic E-state index is -2.12. The van der Waals surface area contributed by atoms with Gasteiger partial charge < -0.3 is 4.55 Å². The number of hydrogen-bond donors (Lipinski definition) is 1. The third-order valence-electron chi connectivity index (χ3n) is 1.32. The predicted molar refractivity (Wildman–Crippen MR) is 50.2 cm³/mol. The van der Waals surface area contributed by atoms with Crippen molar-refractivity contribution >= 4 is 34.3 Å². The van der Waals surface area contributed by atoms with Gasteiger partial charge in [-0.1, -0.05) is 23.2 Å². The van der Waals surface area contributed by atoms with E-state index in [-0.39, 0.29) is 14.9 Å². The van der Waals surface area contributed by atoms with Gasteiger partial charge >= 0.3 is 0 Å².